The van der Waals surface area contributed by atoms with Crippen molar-refractivity contribution >= 4 is 22.4 Å². The first-order valence-electron chi connectivity index (χ1n) is 7.85. The second-order valence-corrected chi connectivity index (χ2v) is 7.18. The van der Waals surface area contributed by atoms with E-state index in [1.54, 1.807) is 11.3 Å². The zero-order valence-corrected chi connectivity index (χ0v) is 13.5. The largest absolute Gasteiger partial charge is 0.395 e. The molecule has 2 aliphatic rings. The van der Waals surface area contributed by atoms with Crippen LogP contribution >= 0.6 is 11.3 Å². The predicted octanol–water partition coefficient (Wildman–Crippen LogP) is 0.837. The summed E-state index contributed by atoms with van der Waals surface area (Å²) in [7, 11) is 0. The van der Waals surface area contributed by atoms with Crippen LogP contribution in [-0.4, -0.2) is 58.8 Å². The highest BCUT2D eigenvalue weighted by Gasteiger charge is 2.42. The number of rotatable bonds is 4. The van der Waals surface area contributed by atoms with Crippen LogP contribution in [0, 0.1) is 5.41 Å². The normalized spacial score (nSPS) is 26.0. The van der Waals surface area contributed by atoms with Crippen molar-refractivity contribution in [3.8, 4) is 0 Å². The van der Waals surface area contributed by atoms with Crippen LogP contribution in [0.25, 0.3) is 0 Å². The van der Waals surface area contributed by atoms with Crippen molar-refractivity contribution in [2.75, 3.05) is 37.7 Å². The average molecular weight is 325 g/mol. The Labute approximate surface area is 134 Å². The van der Waals surface area contributed by atoms with Crippen molar-refractivity contribution in [1.82, 2.24) is 9.88 Å². The van der Waals surface area contributed by atoms with Gasteiger partial charge in [-0.2, -0.15) is 0 Å². The predicted molar refractivity (Wildman–Crippen MR) is 84.8 cm³/mol. The summed E-state index contributed by atoms with van der Waals surface area (Å²) >= 11 is 1.57. The van der Waals surface area contributed by atoms with Gasteiger partial charge in [-0.25, -0.2) is 4.98 Å². The first-order valence-corrected chi connectivity index (χ1v) is 8.73. The molecule has 0 saturated carbocycles. The molecule has 22 heavy (non-hydrogen) atoms. The Bertz CT molecular complexity index is 536. The molecule has 0 unspecified atom stereocenters. The van der Waals surface area contributed by atoms with E-state index in [0.717, 1.165) is 49.7 Å². The number of nitrogens with zero attached hydrogens (tertiary/aromatic N) is 3. The van der Waals surface area contributed by atoms with Crippen LogP contribution in [0.15, 0.2) is 5.38 Å². The number of aromatic nitrogens is 1. The third-order valence-electron chi connectivity index (χ3n) is 4.75. The number of hydrogen-bond acceptors (Lipinski definition) is 6. The Morgan fingerprint density at radius 1 is 1.32 bits per heavy atom. The highest BCUT2D eigenvalue weighted by atomic mass is 32.1. The van der Waals surface area contributed by atoms with Gasteiger partial charge in [0.15, 0.2) is 5.13 Å². The van der Waals surface area contributed by atoms with Crippen molar-refractivity contribution in [3.05, 3.63) is 11.1 Å². The lowest BCUT2D eigenvalue weighted by molar-refractivity contribution is -0.138. The number of β-amino-alcohol motifs (C(OH)–C–C–N with tert-alkyl or cyclic N) is 1. The molecule has 0 aromatic carbocycles. The van der Waals surface area contributed by atoms with Gasteiger partial charge in [-0.1, -0.05) is 0 Å². The molecule has 7 heteroatoms. The van der Waals surface area contributed by atoms with E-state index >= 15 is 0 Å². The smallest absolute Gasteiger partial charge is 0.222 e. The highest BCUT2D eigenvalue weighted by molar-refractivity contribution is 7.13. The molecule has 2 aliphatic heterocycles. The summed E-state index contributed by atoms with van der Waals surface area (Å²) in [5.74, 6) is 0.161. The van der Waals surface area contributed by atoms with E-state index in [1.165, 1.54) is 0 Å². The number of piperidine rings is 2. The van der Waals surface area contributed by atoms with Gasteiger partial charge >= 0.3 is 0 Å². The fourth-order valence-corrected chi connectivity index (χ4v) is 4.49. The van der Waals surface area contributed by atoms with Crippen molar-refractivity contribution < 1.29 is 15.0 Å². The summed E-state index contributed by atoms with van der Waals surface area (Å²) in [4.78, 5) is 20.5. The van der Waals surface area contributed by atoms with E-state index in [1.807, 2.05) is 10.3 Å². The monoisotopic (exact) mass is 325 g/mol. The van der Waals surface area contributed by atoms with Gasteiger partial charge in [0.05, 0.1) is 18.9 Å². The van der Waals surface area contributed by atoms with E-state index in [-0.39, 0.29) is 24.5 Å². The number of aliphatic hydroxyl groups is 2. The quantitative estimate of drug-likeness (QED) is 0.858. The zero-order valence-electron chi connectivity index (χ0n) is 12.7. The van der Waals surface area contributed by atoms with Crippen molar-refractivity contribution in [3.63, 3.8) is 0 Å². The number of aliphatic hydroxyl groups excluding tert-OH is 2. The Balaban J connectivity index is 1.72. The van der Waals surface area contributed by atoms with Crippen LogP contribution in [0.2, 0.25) is 0 Å². The maximum absolute atomic E-state index is 12.0. The molecule has 6 nitrogen and oxygen atoms in total. The minimum Gasteiger partial charge on any atom is -0.395 e. The number of carbonyl (C=O) groups is 1. The minimum absolute atomic E-state index is 0.0196. The fourth-order valence-electron chi connectivity index (χ4n) is 3.65. The Morgan fingerprint density at radius 2 is 2.18 bits per heavy atom. The zero-order chi connectivity index (χ0) is 15.6. The Morgan fingerprint density at radius 3 is 2.91 bits per heavy atom. The number of likely N-dealkylation sites (tertiary alicyclic amines) is 1. The molecule has 1 aromatic heterocycles. The molecule has 2 N–H and O–H groups in total. The first kappa shape index (κ1) is 15.7. The van der Waals surface area contributed by atoms with E-state index in [2.05, 4.69) is 9.88 Å². The van der Waals surface area contributed by atoms with Crippen molar-refractivity contribution in [2.24, 2.45) is 5.41 Å². The van der Waals surface area contributed by atoms with Crippen LogP contribution in [0.4, 0.5) is 5.13 Å². The van der Waals surface area contributed by atoms with Crippen molar-refractivity contribution in [2.45, 2.75) is 32.3 Å². The summed E-state index contributed by atoms with van der Waals surface area (Å²) in [5.41, 5.74) is 0.840. The first-order chi connectivity index (χ1) is 10.7. The lowest BCUT2D eigenvalue weighted by atomic mass is 9.73. The van der Waals surface area contributed by atoms with E-state index in [9.17, 15) is 9.90 Å². The molecule has 3 heterocycles. The number of thiazole rings is 1. The van der Waals surface area contributed by atoms with Gasteiger partial charge in [-0.15, -0.1) is 11.3 Å². The van der Waals surface area contributed by atoms with Gasteiger partial charge in [-0.05, 0) is 19.3 Å². The third-order valence-corrected chi connectivity index (χ3v) is 5.70. The standard InChI is InChI=1S/C15H23N3O3S/c19-7-6-17-10-15(4-2-13(17)21)3-1-5-18(11-15)14-16-12(8-20)9-22-14/h9,19-20H,1-8,10-11H2/t15-/m0/s1. The van der Waals surface area contributed by atoms with Crippen LogP contribution in [-0.2, 0) is 11.4 Å². The third kappa shape index (κ3) is 3.11. The van der Waals surface area contributed by atoms with Crippen LogP contribution in [0.1, 0.15) is 31.4 Å². The SMILES string of the molecule is O=C1CC[C@@]2(CCCN(c3nc(CO)cs3)C2)CN1CCO. The van der Waals surface area contributed by atoms with E-state index in [0.29, 0.717) is 13.0 Å². The number of anilines is 1. The van der Waals surface area contributed by atoms with Gasteiger partial charge in [0, 0.05) is 43.4 Å². The molecule has 122 valence electrons. The summed E-state index contributed by atoms with van der Waals surface area (Å²) < 4.78 is 0. The molecule has 0 bridgehead atoms. The van der Waals surface area contributed by atoms with Crippen molar-refractivity contribution in [1.29, 1.82) is 0 Å². The molecule has 0 aliphatic carbocycles. The Kier molecular flexibility index (Phi) is 4.65. The molecule has 1 amide bonds. The van der Waals surface area contributed by atoms with Gasteiger partial charge in [0.25, 0.3) is 0 Å². The fraction of sp³-hybridized carbons (Fsp3) is 0.733. The maximum atomic E-state index is 12.0. The summed E-state index contributed by atoms with van der Waals surface area (Å²) in [6.07, 6.45) is 3.71. The summed E-state index contributed by atoms with van der Waals surface area (Å²) in [5, 5.41) is 21.2. The summed E-state index contributed by atoms with van der Waals surface area (Å²) in [6, 6.07) is 0. The number of amides is 1. The average Bonchev–Trinajstić information content (AvgIpc) is 3.01. The summed E-state index contributed by atoms with van der Waals surface area (Å²) in [6.45, 7) is 3.06. The minimum atomic E-state index is -0.0196. The lowest BCUT2D eigenvalue weighted by Gasteiger charge is -2.48. The van der Waals surface area contributed by atoms with Crippen LogP contribution in [0.5, 0.6) is 0 Å². The molecular formula is C15H23N3O3S. The molecule has 1 atom stereocenters. The maximum Gasteiger partial charge on any atom is 0.222 e. The lowest BCUT2D eigenvalue weighted by Crippen LogP contribution is -2.54. The van der Waals surface area contributed by atoms with Crippen LogP contribution < -0.4 is 4.90 Å². The second-order valence-electron chi connectivity index (χ2n) is 6.34. The molecule has 0 radical (unpaired) electrons. The highest BCUT2D eigenvalue weighted by Crippen LogP contribution is 2.40. The van der Waals surface area contributed by atoms with Crippen LogP contribution in [0.3, 0.4) is 0 Å². The van der Waals surface area contributed by atoms with Gasteiger partial charge in [-0.3, -0.25) is 4.79 Å². The molecular weight excluding hydrogens is 302 g/mol. The molecule has 2 fully saturated rings. The van der Waals surface area contributed by atoms with Gasteiger partial charge < -0.3 is 20.0 Å². The topological polar surface area (TPSA) is 76.9 Å². The number of hydrogen-bond donors (Lipinski definition) is 2. The molecule has 1 aromatic rings. The van der Waals surface area contributed by atoms with E-state index < -0.39 is 0 Å². The van der Waals surface area contributed by atoms with Gasteiger partial charge in [0.1, 0.15) is 0 Å². The van der Waals surface area contributed by atoms with Gasteiger partial charge in [0.2, 0.25) is 5.91 Å². The Hall–Kier alpha value is -1.18. The molecule has 2 saturated heterocycles. The second kappa shape index (κ2) is 6.52. The molecule has 1 spiro atoms. The van der Waals surface area contributed by atoms with E-state index in [4.69, 9.17) is 5.11 Å². The molecule has 3 rings (SSSR count). The number of carbonyl (C=O) groups excluding carboxylic acids is 1.